The predicted molar refractivity (Wildman–Crippen MR) is 72.2 cm³/mol. The van der Waals surface area contributed by atoms with Crippen molar-refractivity contribution in [2.75, 3.05) is 13.2 Å². The van der Waals surface area contributed by atoms with Crippen molar-refractivity contribution in [2.45, 2.75) is 71.4 Å². The van der Waals surface area contributed by atoms with Crippen LogP contribution in [0.15, 0.2) is 0 Å². The summed E-state index contributed by atoms with van der Waals surface area (Å²) in [5.74, 6) is 0.661. The third-order valence-electron chi connectivity index (χ3n) is 4.65. The van der Waals surface area contributed by atoms with E-state index in [0.29, 0.717) is 17.4 Å². The second-order valence-electron chi connectivity index (χ2n) is 6.36. The minimum Gasteiger partial charge on any atom is -0.377 e. The van der Waals surface area contributed by atoms with E-state index in [0.717, 1.165) is 19.2 Å². The van der Waals surface area contributed by atoms with Crippen molar-refractivity contribution < 1.29 is 4.74 Å². The molecule has 17 heavy (non-hydrogen) atoms. The van der Waals surface area contributed by atoms with Gasteiger partial charge in [0, 0.05) is 18.1 Å². The minimum absolute atomic E-state index is 0.489. The average Bonchev–Trinajstić information content (AvgIpc) is 2.33. The van der Waals surface area contributed by atoms with Crippen LogP contribution in [0.5, 0.6) is 0 Å². The SMILES string of the molecule is CCNC1CC(OCC(C)C)C12CCCCC2. The first-order valence-corrected chi connectivity index (χ1v) is 7.54. The molecule has 0 amide bonds. The van der Waals surface area contributed by atoms with Crippen molar-refractivity contribution in [3.63, 3.8) is 0 Å². The molecule has 0 aromatic heterocycles. The van der Waals surface area contributed by atoms with E-state index in [2.05, 4.69) is 26.1 Å². The molecular weight excluding hydrogens is 210 g/mol. The Hall–Kier alpha value is -0.0800. The zero-order valence-corrected chi connectivity index (χ0v) is 11.8. The van der Waals surface area contributed by atoms with E-state index in [4.69, 9.17) is 4.74 Å². The molecule has 0 saturated heterocycles. The Morgan fingerprint density at radius 3 is 2.53 bits per heavy atom. The molecule has 2 unspecified atom stereocenters. The monoisotopic (exact) mass is 239 g/mol. The van der Waals surface area contributed by atoms with Gasteiger partial charge in [-0.1, -0.05) is 40.0 Å². The van der Waals surface area contributed by atoms with Crippen LogP contribution in [0.1, 0.15) is 59.3 Å². The fourth-order valence-electron chi connectivity index (χ4n) is 3.70. The zero-order chi connectivity index (χ0) is 12.3. The molecule has 0 aromatic carbocycles. The van der Waals surface area contributed by atoms with Crippen molar-refractivity contribution in [1.82, 2.24) is 5.32 Å². The summed E-state index contributed by atoms with van der Waals surface area (Å²) in [6.07, 6.45) is 8.78. The lowest BCUT2D eigenvalue weighted by molar-refractivity contribution is -0.156. The van der Waals surface area contributed by atoms with E-state index in [-0.39, 0.29) is 0 Å². The average molecular weight is 239 g/mol. The van der Waals surface area contributed by atoms with E-state index >= 15 is 0 Å². The normalized spacial score (nSPS) is 31.8. The van der Waals surface area contributed by atoms with Crippen molar-refractivity contribution >= 4 is 0 Å². The van der Waals surface area contributed by atoms with Gasteiger partial charge in [-0.3, -0.25) is 0 Å². The highest BCUT2D eigenvalue weighted by atomic mass is 16.5. The number of hydrogen-bond acceptors (Lipinski definition) is 2. The zero-order valence-electron chi connectivity index (χ0n) is 11.8. The van der Waals surface area contributed by atoms with Crippen LogP contribution in [0.4, 0.5) is 0 Å². The highest BCUT2D eigenvalue weighted by Gasteiger charge is 2.55. The van der Waals surface area contributed by atoms with Crippen LogP contribution in [-0.2, 0) is 4.74 Å². The molecule has 2 aliphatic rings. The van der Waals surface area contributed by atoms with Gasteiger partial charge in [-0.2, -0.15) is 0 Å². The van der Waals surface area contributed by atoms with Crippen molar-refractivity contribution in [2.24, 2.45) is 11.3 Å². The molecule has 0 aliphatic heterocycles. The van der Waals surface area contributed by atoms with Crippen molar-refractivity contribution in [1.29, 1.82) is 0 Å². The first kappa shape index (κ1) is 13.4. The van der Waals surface area contributed by atoms with Crippen LogP contribution in [0.2, 0.25) is 0 Å². The molecule has 0 radical (unpaired) electrons. The fourth-order valence-corrected chi connectivity index (χ4v) is 3.70. The first-order chi connectivity index (χ1) is 8.19. The Morgan fingerprint density at radius 1 is 1.24 bits per heavy atom. The second kappa shape index (κ2) is 5.71. The van der Waals surface area contributed by atoms with Gasteiger partial charge in [0.25, 0.3) is 0 Å². The second-order valence-corrected chi connectivity index (χ2v) is 6.36. The van der Waals surface area contributed by atoms with Gasteiger partial charge in [0.15, 0.2) is 0 Å². The smallest absolute Gasteiger partial charge is 0.0661 e. The van der Waals surface area contributed by atoms with Crippen LogP contribution in [0.25, 0.3) is 0 Å². The van der Waals surface area contributed by atoms with E-state index in [9.17, 15) is 0 Å². The molecule has 2 heteroatoms. The molecule has 2 atom stereocenters. The summed E-state index contributed by atoms with van der Waals surface area (Å²) in [7, 11) is 0. The molecule has 0 aromatic rings. The highest BCUT2D eigenvalue weighted by molar-refractivity contribution is 5.08. The molecule has 1 spiro atoms. The Labute approximate surface area is 107 Å². The van der Waals surface area contributed by atoms with E-state index in [1.165, 1.54) is 38.5 Å². The Balaban J connectivity index is 1.93. The summed E-state index contributed by atoms with van der Waals surface area (Å²) in [4.78, 5) is 0. The maximum atomic E-state index is 6.17. The molecule has 2 aliphatic carbocycles. The number of rotatable bonds is 5. The molecule has 2 nitrogen and oxygen atoms in total. The number of hydrogen-bond donors (Lipinski definition) is 1. The van der Waals surface area contributed by atoms with Crippen molar-refractivity contribution in [3.05, 3.63) is 0 Å². The highest BCUT2D eigenvalue weighted by Crippen LogP contribution is 2.53. The van der Waals surface area contributed by atoms with Gasteiger partial charge >= 0.3 is 0 Å². The molecule has 2 rings (SSSR count). The van der Waals surface area contributed by atoms with Gasteiger partial charge in [0.2, 0.25) is 0 Å². The molecule has 2 saturated carbocycles. The van der Waals surface area contributed by atoms with Crippen LogP contribution >= 0.6 is 0 Å². The fraction of sp³-hybridized carbons (Fsp3) is 1.00. The van der Waals surface area contributed by atoms with Gasteiger partial charge in [-0.05, 0) is 31.7 Å². The Kier molecular flexibility index (Phi) is 4.48. The van der Waals surface area contributed by atoms with E-state index in [1.54, 1.807) is 0 Å². The van der Waals surface area contributed by atoms with Gasteiger partial charge in [-0.15, -0.1) is 0 Å². The van der Waals surface area contributed by atoms with Gasteiger partial charge in [-0.25, -0.2) is 0 Å². The van der Waals surface area contributed by atoms with Gasteiger partial charge < -0.3 is 10.1 Å². The van der Waals surface area contributed by atoms with E-state index < -0.39 is 0 Å². The van der Waals surface area contributed by atoms with Gasteiger partial charge in [0.05, 0.1) is 6.10 Å². The summed E-state index contributed by atoms with van der Waals surface area (Å²) < 4.78 is 6.17. The van der Waals surface area contributed by atoms with Crippen LogP contribution < -0.4 is 5.32 Å². The molecule has 100 valence electrons. The summed E-state index contributed by atoms with van der Waals surface area (Å²) in [6, 6.07) is 0.727. The third kappa shape index (κ3) is 2.68. The lowest BCUT2D eigenvalue weighted by Gasteiger charge is -2.58. The van der Waals surface area contributed by atoms with Crippen LogP contribution in [-0.4, -0.2) is 25.3 Å². The summed E-state index contributed by atoms with van der Waals surface area (Å²) in [5.41, 5.74) is 0.489. The number of ether oxygens (including phenoxy) is 1. The Bertz CT molecular complexity index is 233. The third-order valence-corrected chi connectivity index (χ3v) is 4.65. The largest absolute Gasteiger partial charge is 0.377 e. The topological polar surface area (TPSA) is 21.3 Å². The quantitative estimate of drug-likeness (QED) is 0.794. The lowest BCUT2D eigenvalue weighted by atomic mass is 9.55. The Morgan fingerprint density at radius 2 is 1.94 bits per heavy atom. The summed E-state index contributed by atoms with van der Waals surface area (Å²) >= 11 is 0. The van der Waals surface area contributed by atoms with E-state index in [1.807, 2.05) is 0 Å². The maximum Gasteiger partial charge on any atom is 0.0661 e. The van der Waals surface area contributed by atoms with Crippen molar-refractivity contribution in [3.8, 4) is 0 Å². The van der Waals surface area contributed by atoms with Gasteiger partial charge in [0.1, 0.15) is 0 Å². The number of nitrogens with one attached hydrogen (secondary N) is 1. The maximum absolute atomic E-state index is 6.17. The first-order valence-electron chi connectivity index (χ1n) is 7.54. The lowest BCUT2D eigenvalue weighted by Crippen LogP contribution is -2.64. The van der Waals surface area contributed by atoms with Crippen LogP contribution in [0, 0.1) is 11.3 Å². The molecular formula is C15H29NO. The molecule has 1 N–H and O–H groups in total. The standard InChI is InChI=1S/C15H29NO/c1-4-16-13-10-14(17-11-12(2)3)15(13)8-6-5-7-9-15/h12-14,16H,4-11H2,1-3H3. The molecule has 0 heterocycles. The molecule has 2 fully saturated rings. The molecule has 0 bridgehead atoms. The predicted octanol–water partition coefficient (Wildman–Crippen LogP) is 3.36. The van der Waals surface area contributed by atoms with Crippen LogP contribution in [0.3, 0.4) is 0 Å². The minimum atomic E-state index is 0.489. The summed E-state index contributed by atoms with van der Waals surface area (Å²) in [5, 5.41) is 3.68. The summed E-state index contributed by atoms with van der Waals surface area (Å²) in [6.45, 7) is 8.75.